The average molecular weight is 657 g/mol. The number of carbonyl (C=O) groups is 2. The van der Waals surface area contributed by atoms with Gasteiger partial charge in [-0.05, 0) is 0 Å². The Morgan fingerprint density at radius 2 is 1.74 bits per heavy atom. The molecule has 0 saturated carbocycles. The summed E-state index contributed by atoms with van der Waals surface area (Å²) < 4.78 is 9.52. The third-order valence-corrected chi connectivity index (χ3v) is 10.5. The summed E-state index contributed by atoms with van der Waals surface area (Å²) in [4.78, 5) is 24.6. The second kappa shape index (κ2) is 12.6. The SMILES string of the molecule is CC1C(=CC=CC=Cc2[se]c3ccc(Cl)cc3[n+]2CCOC=O)N(CCC(=O)O)c2c1c1ccccc1c1ccccc21. The van der Waals surface area contributed by atoms with Crippen LogP contribution in [0.3, 0.4) is 0 Å². The molecule has 0 spiro atoms. The molecule has 1 aliphatic rings. The van der Waals surface area contributed by atoms with E-state index in [1.54, 1.807) is 0 Å². The summed E-state index contributed by atoms with van der Waals surface area (Å²) >= 11 is 6.38. The maximum absolute atomic E-state index is 11.7. The van der Waals surface area contributed by atoms with E-state index < -0.39 is 5.97 Å². The molecule has 6 nitrogen and oxygen atoms in total. The Bertz CT molecular complexity index is 1960. The summed E-state index contributed by atoms with van der Waals surface area (Å²) in [5.41, 5.74) is 4.48. The van der Waals surface area contributed by atoms with Crippen molar-refractivity contribution in [3.63, 3.8) is 0 Å². The first-order valence-electron chi connectivity index (χ1n) is 14.1. The number of rotatable bonds is 10. The molecule has 1 N–H and O–H groups in total. The molecule has 6 rings (SSSR count). The van der Waals surface area contributed by atoms with Crippen molar-refractivity contribution >= 4 is 81.6 Å². The summed E-state index contributed by atoms with van der Waals surface area (Å²) in [5.74, 6) is -0.725. The molecule has 216 valence electrons. The van der Waals surface area contributed by atoms with E-state index in [9.17, 15) is 14.7 Å². The van der Waals surface area contributed by atoms with E-state index in [4.69, 9.17) is 16.3 Å². The van der Waals surface area contributed by atoms with Crippen LogP contribution in [0.5, 0.6) is 0 Å². The molecule has 0 saturated heterocycles. The maximum atomic E-state index is 11.7. The standard InChI is InChI=1S/C35H29ClN2O4Se/c1-23-29(13-3-2-4-14-32-37(19-20-42-22-39)30-21-24(36)15-16-31(30)43-32)38(18-17-33(40)41)35-28-12-8-6-10-26(28)25-9-5-7-11-27(25)34(23)35/h2-16,21-23H,17-20H2,1H3/p+1. The molecule has 1 unspecified atom stereocenters. The number of fused-ring (bicyclic) bond motifs is 7. The third kappa shape index (κ3) is 5.64. The van der Waals surface area contributed by atoms with Gasteiger partial charge in [0.2, 0.25) is 0 Å². The van der Waals surface area contributed by atoms with E-state index in [-0.39, 0.29) is 26.8 Å². The van der Waals surface area contributed by atoms with Crippen molar-refractivity contribution in [1.82, 2.24) is 0 Å². The van der Waals surface area contributed by atoms with Crippen molar-refractivity contribution < 1.29 is 24.0 Å². The topological polar surface area (TPSA) is 70.7 Å². The van der Waals surface area contributed by atoms with Crippen molar-refractivity contribution in [1.29, 1.82) is 0 Å². The number of allylic oxidation sites excluding steroid dienone is 5. The molecule has 4 aromatic carbocycles. The van der Waals surface area contributed by atoms with Crippen LogP contribution < -0.4 is 9.47 Å². The van der Waals surface area contributed by atoms with Crippen LogP contribution in [0, 0.1) is 0 Å². The van der Waals surface area contributed by atoms with Crippen LogP contribution >= 0.6 is 11.6 Å². The molecular weight excluding hydrogens is 627 g/mol. The van der Waals surface area contributed by atoms with Crippen LogP contribution in [0.4, 0.5) is 5.69 Å². The van der Waals surface area contributed by atoms with Gasteiger partial charge in [0.25, 0.3) is 0 Å². The van der Waals surface area contributed by atoms with E-state index in [0.29, 0.717) is 31.2 Å². The summed E-state index contributed by atoms with van der Waals surface area (Å²) in [6.07, 6.45) is 10.3. The molecule has 43 heavy (non-hydrogen) atoms. The molecule has 5 aromatic rings. The quantitative estimate of drug-likeness (QED) is 0.0444. The third-order valence-electron chi connectivity index (χ3n) is 7.87. The molecule has 0 fully saturated rings. The number of carboxylic acid groups (broad SMARTS) is 1. The van der Waals surface area contributed by atoms with Crippen molar-refractivity contribution in [3.05, 3.63) is 112 Å². The number of carbonyl (C=O) groups excluding carboxylic acids is 1. The molecule has 1 atom stereocenters. The molecule has 0 radical (unpaired) electrons. The number of halogens is 1. The van der Waals surface area contributed by atoms with Crippen LogP contribution in [0.2, 0.25) is 5.02 Å². The number of hydrogen-bond acceptors (Lipinski definition) is 4. The summed E-state index contributed by atoms with van der Waals surface area (Å²) in [6, 6.07) is 22.8. The fraction of sp³-hybridized carbons (Fsp3) is 0.171. The zero-order chi connectivity index (χ0) is 29.9. The Morgan fingerprint density at radius 3 is 2.49 bits per heavy atom. The van der Waals surface area contributed by atoms with Gasteiger partial charge in [0.05, 0.1) is 0 Å². The molecule has 0 aliphatic carbocycles. The van der Waals surface area contributed by atoms with Gasteiger partial charge >= 0.3 is 249 Å². The Labute approximate surface area is 260 Å². The minimum atomic E-state index is -0.815. The van der Waals surface area contributed by atoms with E-state index in [1.807, 2.05) is 36.4 Å². The predicted octanol–water partition coefficient (Wildman–Crippen LogP) is 6.87. The number of aromatic nitrogens is 1. The number of aliphatic carboxylic acids is 1. The fourth-order valence-electron chi connectivity index (χ4n) is 6.05. The van der Waals surface area contributed by atoms with Gasteiger partial charge < -0.3 is 0 Å². The summed E-state index contributed by atoms with van der Waals surface area (Å²) in [7, 11) is 0. The second-order valence-corrected chi connectivity index (χ2v) is 13.0. The Morgan fingerprint density at radius 1 is 1.02 bits per heavy atom. The van der Waals surface area contributed by atoms with Crippen LogP contribution in [0.25, 0.3) is 37.4 Å². The molecule has 2 heterocycles. The average Bonchev–Trinajstić information content (AvgIpc) is 3.49. The molecular formula is C35H30ClN2O4Se+. The number of benzene rings is 4. The number of ether oxygens (including phenoxy) is 1. The molecule has 0 amide bonds. The zero-order valence-electron chi connectivity index (χ0n) is 23.6. The molecule has 1 aliphatic heterocycles. The Balaban J connectivity index is 1.36. The van der Waals surface area contributed by atoms with Crippen molar-refractivity contribution in [3.8, 4) is 0 Å². The number of hydrogen-bond donors (Lipinski definition) is 1. The van der Waals surface area contributed by atoms with Gasteiger partial charge in [-0.2, -0.15) is 0 Å². The first-order valence-corrected chi connectivity index (χ1v) is 16.2. The second-order valence-electron chi connectivity index (χ2n) is 10.4. The summed E-state index contributed by atoms with van der Waals surface area (Å²) in [5, 5.41) is 15.0. The van der Waals surface area contributed by atoms with E-state index in [1.165, 1.54) is 26.0 Å². The van der Waals surface area contributed by atoms with Crippen molar-refractivity contribution in [2.75, 3.05) is 18.1 Å². The Hall–Kier alpha value is -4.16. The van der Waals surface area contributed by atoms with Gasteiger partial charge in [0.1, 0.15) is 0 Å². The van der Waals surface area contributed by atoms with Gasteiger partial charge in [0, 0.05) is 0 Å². The van der Waals surface area contributed by atoms with Crippen molar-refractivity contribution in [2.24, 2.45) is 0 Å². The summed E-state index contributed by atoms with van der Waals surface area (Å²) in [6.45, 7) is 3.91. The fourth-order valence-corrected chi connectivity index (χ4v) is 8.49. The van der Waals surface area contributed by atoms with E-state index in [0.717, 1.165) is 26.9 Å². The number of anilines is 1. The van der Waals surface area contributed by atoms with Gasteiger partial charge in [-0.25, -0.2) is 0 Å². The normalized spacial score (nSPS) is 15.9. The predicted molar refractivity (Wildman–Crippen MR) is 174 cm³/mol. The molecule has 8 heteroatoms. The van der Waals surface area contributed by atoms with Crippen molar-refractivity contribution in [2.45, 2.75) is 25.8 Å². The zero-order valence-corrected chi connectivity index (χ0v) is 26.0. The van der Waals surface area contributed by atoms with Gasteiger partial charge in [-0.15, -0.1) is 0 Å². The van der Waals surface area contributed by atoms with Crippen LogP contribution in [-0.2, 0) is 20.9 Å². The first-order chi connectivity index (χ1) is 21.0. The number of carboxylic acids is 1. The molecule has 0 bridgehead atoms. The van der Waals surface area contributed by atoms with Gasteiger partial charge in [-0.3, -0.25) is 0 Å². The van der Waals surface area contributed by atoms with Crippen LogP contribution in [0.15, 0.2) is 96.7 Å². The minimum absolute atomic E-state index is 0.0445. The van der Waals surface area contributed by atoms with Crippen LogP contribution in [0.1, 0.15) is 29.4 Å². The Kier molecular flexibility index (Phi) is 8.48. The van der Waals surface area contributed by atoms with E-state index in [2.05, 4.69) is 77.1 Å². The molecule has 1 aromatic heterocycles. The van der Waals surface area contributed by atoms with E-state index >= 15 is 0 Å². The number of nitrogens with zero attached hydrogens (tertiary/aromatic N) is 2. The van der Waals surface area contributed by atoms with Gasteiger partial charge in [0.15, 0.2) is 0 Å². The monoisotopic (exact) mass is 657 g/mol. The van der Waals surface area contributed by atoms with Crippen LogP contribution in [-0.4, -0.2) is 45.2 Å². The van der Waals surface area contributed by atoms with Gasteiger partial charge in [-0.1, -0.05) is 12.1 Å². The first kappa shape index (κ1) is 28.9.